The molecule has 5 N–H and O–H groups in total. The molecule has 1 aliphatic rings. The van der Waals surface area contributed by atoms with Crippen molar-refractivity contribution in [1.29, 1.82) is 0 Å². The molecule has 20 heavy (non-hydrogen) atoms. The lowest BCUT2D eigenvalue weighted by Crippen LogP contribution is -2.48. The smallest absolute Gasteiger partial charge is 0.240 e. The normalized spacial score (nSPS) is 18.9. The van der Waals surface area contributed by atoms with Gasteiger partial charge < -0.3 is 16.1 Å². The zero-order chi connectivity index (χ0) is 14.5. The highest BCUT2D eigenvalue weighted by Gasteiger charge is 2.30. The van der Waals surface area contributed by atoms with E-state index in [-0.39, 0.29) is 11.9 Å². The van der Waals surface area contributed by atoms with Crippen molar-refractivity contribution in [3.8, 4) is 0 Å². The van der Waals surface area contributed by atoms with E-state index in [0.717, 1.165) is 50.0 Å². The number of piperidine rings is 1. The fraction of sp³-hybridized carbons (Fsp3) is 0.615. The van der Waals surface area contributed by atoms with Crippen molar-refractivity contribution in [3.63, 3.8) is 0 Å². The van der Waals surface area contributed by atoms with Crippen LogP contribution < -0.4 is 21.9 Å². The Bertz CT molecular complexity index is 478. The Morgan fingerprint density at radius 3 is 2.95 bits per heavy atom. The van der Waals surface area contributed by atoms with Crippen LogP contribution in [0.1, 0.15) is 38.2 Å². The topological polar surface area (TPSA) is 110 Å². The van der Waals surface area contributed by atoms with E-state index in [1.54, 1.807) is 0 Å². The molecule has 7 nitrogen and oxygen atoms in total. The van der Waals surface area contributed by atoms with Crippen molar-refractivity contribution >= 4 is 17.5 Å². The predicted octanol–water partition coefficient (Wildman–Crippen LogP) is 0.559. The standard InChI is InChI=1S/C13H22N6O/c1-2-5-9-12(18-15)16-8-17-13(9)19-7-4-3-6-10(19)11(14)20/h8,10H,2-7,15H2,1H3,(H2,14,20)(H,16,17,18). The highest BCUT2D eigenvalue weighted by molar-refractivity contribution is 5.84. The lowest BCUT2D eigenvalue weighted by atomic mass is 10.0. The minimum absolute atomic E-state index is 0.292. The van der Waals surface area contributed by atoms with Crippen LogP contribution in [-0.2, 0) is 11.2 Å². The summed E-state index contributed by atoms with van der Waals surface area (Å²) >= 11 is 0. The maximum atomic E-state index is 11.7. The van der Waals surface area contributed by atoms with Gasteiger partial charge in [0, 0.05) is 12.1 Å². The molecule has 0 aliphatic carbocycles. The molecule has 1 aromatic heterocycles. The molecule has 2 heterocycles. The second-order valence-electron chi connectivity index (χ2n) is 5.03. The van der Waals surface area contributed by atoms with Crippen LogP contribution >= 0.6 is 0 Å². The third-order valence-electron chi connectivity index (χ3n) is 3.66. The van der Waals surface area contributed by atoms with Gasteiger partial charge in [0.2, 0.25) is 5.91 Å². The number of nitrogens with one attached hydrogen (secondary N) is 1. The van der Waals surface area contributed by atoms with Gasteiger partial charge in [-0.2, -0.15) is 0 Å². The van der Waals surface area contributed by atoms with Crippen LogP contribution in [0.25, 0.3) is 0 Å². The summed E-state index contributed by atoms with van der Waals surface area (Å²) in [6.07, 6.45) is 6.04. The SMILES string of the molecule is CCCc1c(NN)ncnc1N1CCCCC1C(N)=O. The van der Waals surface area contributed by atoms with Gasteiger partial charge in [-0.25, -0.2) is 15.8 Å². The van der Waals surface area contributed by atoms with Crippen molar-refractivity contribution in [2.75, 3.05) is 16.9 Å². The average molecular weight is 278 g/mol. The van der Waals surface area contributed by atoms with Crippen LogP contribution in [0.5, 0.6) is 0 Å². The first-order valence-electron chi connectivity index (χ1n) is 7.05. The fourth-order valence-electron chi connectivity index (χ4n) is 2.74. The summed E-state index contributed by atoms with van der Waals surface area (Å²) < 4.78 is 0. The molecule has 1 saturated heterocycles. The Balaban J connectivity index is 2.41. The van der Waals surface area contributed by atoms with Crippen LogP contribution in [0.4, 0.5) is 11.6 Å². The van der Waals surface area contributed by atoms with Crippen molar-refractivity contribution in [3.05, 3.63) is 11.9 Å². The second kappa shape index (κ2) is 6.51. The van der Waals surface area contributed by atoms with Gasteiger partial charge in [-0.15, -0.1) is 0 Å². The van der Waals surface area contributed by atoms with Crippen LogP contribution in [0.3, 0.4) is 0 Å². The molecular weight excluding hydrogens is 256 g/mol. The van der Waals surface area contributed by atoms with Crippen molar-refractivity contribution in [2.45, 2.75) is 45.1 Å². The van der Waals surface area contributed by atoms with E-state index in [4.69, 9.17) is 11.6 Å². The quantitative estimate of drug-likeness (QED) is 0.536. The number of nitrogens with zero attached hydrogens (tertiary/aromatic N) is 3. The number of nitrogen functional groups attached to an aromatic ring is 1. The number of primary amides is 1. The summed E-state index contributed by atoms with van der Waals surface area (Å²) in [5.74, 6) is 6.62. The van der Waals surface area contributed by atoms with Gasteiger partial charge in [0.05, 0.1) is 0 Å². The first-order valence-corrected chi connectivity index (χ1v) is 7.05. The van der Waals surface area contributed by atoms with Gasteiger partial charge in [0.25, 0.3) is 0 Å². The molecule has 1 aliphatic heterocycles. The van der Waals surface area contributed by atoms with Crippen molar-refractivity contribution in [1.82, 2.24) is 9.97 Å². The Morgan fingerprint density at radius 2 is 2.30 bits per heavy atom. The lowest BCUT2D eigenvalue weighted by molar-refractivity contribution is -0.119. The first kappa shape index (κ1) is 14.5. The molecule has 0 spiro atoms. The van der Waals surface area contributed by atoms with Crippen molar-refractivity contribution in [2.24, 2.45) is 11.6 Å². The number of nitrogens with two attached hydrogens (primary N) is 2. The number of hydrazine groups is 1. The van der Waals surface area contributed by atoms with Crippen molar-refractivity contribution < 1.29 is 4.79 Å². The number of amides is 1. The summed E-state index contributed by atoms with van der Waals surface area (Å²) in [4.78, 5) is 22.2. The van der Waals surface area contributed by atoms with E-state index < -0.39 is 0 Å². The monoisotopic (exact) mass is 278 g/mol. The van der Waals surface area contributed by atoms with Gasteiger partial charge >= 0.3 is 0 Å². The largest absolute Gasteiger partial charge is 0.368 e. The van der Waals surface area contributed by atoms with E-state index in [9.17, 15) is 4.79 Å². The number of anilines is 2. The molecule has 1 amide bonds. The molecule has 110 valence electrons. The molecule has 0 bridgehead atoms. The summed E-state index contributed by atoms with van der Waals surface area (Å²) in [5.41, 5.74) is 9.08. The molecule has 1 unspecified atom stereocenters. The van der Waals surface area contributed by atoms with Gasteiger partial charge in [0.1, 0.15) is 24.0 Å². The van der Waals surface area contributed by atoms with E-state index in [1.165, 1.54) is 6.33 Å². The molecule has 0 radical (unpaired) electrons. The Hall–Kier alpha value is -1.89. The summed E-state index contributed by atoms with van der Waals surface area (Å²) in [7, 11) is 0. The van der Waals surface area contributed by atoms with E-state index in [1.807, 2.05) is 4.90 Å². The van der Waals surface area contributed by atoms with Crippen LogP contribution in [-0.4, -0.2) is 28.5 Å². The summed E-state index contributed by atoms with van der Waals surface area (Å²) in [6, 6.07) is -0.292. The van der Waals surface area contributed by atoms with Crippen LogP contribution in [0.2, 0.25) is 0 Å². The highest BCUT2D eigenvalue weighted by Crippen LogP contribution is 2.29. The summed E-state index contributed by atoms with van der Waals surface area (Å²) in [6.45, 7) is 2.87. The lowest BCUT2D eigenvalue weighted by Gasteiger charge is -2.35. The molecule has 7 heteroatoms. The number of hydrogen-bond acceptors (Lipinski definition) is 6. The maximum Gasteiger partial charge on any atom is 0.240 e. The Kier molecular flexibility index (Phi) is 4.73. The molecule has 2 rings (SSSR count). The van der Waals surface area contributed by atoms with E-state index in [2.05, 4.69) is 22.3 Å². The molecule has 0 aromatic carbocycles. The fourth-order valence-corrected chi connectivity index (χ4v) is 2.74. The second-order valence-corrected chi connectivity index (χ2v) is 5.03. The number of rotatable bonds is 5. The maximum absolute atomic E-state index is 11.7. The Morgan fingerprint density at radius 1 is 1.50 bits per heavy atom. The number of aromatic nitrogens is 2. The zero-order valence-electron chi connectivity index (χ0n) is 11.8. The van der Waals surface area contributed by atoms with Gasteiger partial charge in [-0.3, -0.25) is 4.79 Å². The third-order valence-corrected chi connectivity index (χ3v) is 3.66. The van der Waals surface area contributed by atoms with Gasteiger partial charge in [0.15, 0.2) is 0 Å². The minimum atomic E-state index is -0.298. The highest BCUT2D eigenvalue weighted by atomic mass is 16.1. The van der Waals surface area contributed by atoms with Crippen LogP contribution in [0, 0.1) is 0 Å². The first-order chi connectivity index (χ1) is 9.69. The molecular formula is C13H22N6O. The summed E-state index contributed by atoms with van der Waals surface area (Å²) in [5, 5.41) is 0. The molecule has 0 saturated carbocycles. The zero-order valence-corrected chi connectivity index (χ0v) is 11.8. The Labute approximate surface area is 118 Å². The minimum Gasteiger partial charge on any atom is -0.368 e. The van der Waals surface area contributed by atoms with Gasteiger partial charge in [-0.05, 0) is 25.7 Å². The molecule has 1 aromatic rings. The van der Waals surface area contributed by atoms with E-state index in [0.29, 0.717) is 5.82 Å². The van der Waals surface area contributed by atoms with E-state index >= 15 is 0 Å². The van der Waals surface area contributed by atoms with Crippen LogP contribution in [0.15, 0.2) is 6.33 Å². The third kappa shape index (κ3) is 2.82. The molecule has 1 fully saturated rings. The average Bonchev–Trinajstić information content (AvgIpc) is 2.47. The molecule has 1 atom stereocenters. The number of hydrogen-bond donors (Lipinski definition) is 3. The predicted molar refractivity (Wildman–Crippen MR) is 78.0 cm³/mol. The number of carbonyl (C=O) groups excluding carboxylic acids is 1. The van der Waals surface area contributed by atoms with Gasteiger partial charge in [-0.1, -0.05) is 13.3 Å². The number of carbonyl (C=O) groups is 1.